The number of nitrogens with zero attached hydrogens (tertiary/aromatic N) is 3. The molecule has 2 heterocycles. The lowest BCUT2D eigenvalue weighted by molar-refractivity contribution is 0.199. The van der Waals surface area contributed by atoms with Crippen molar-refractivity contribution in [2.24, 2.45) is 0 Å². The molecular formula is C17H20N4O. The minimum Gasteiger partial charge on any atom is -0.389 e. The Balaban J connectivity index is 2.04. The van der Waals surface area contributed by atoms with Gasteiger partial charge in [-0.3, -0.25) is 0 Å². The quantitative estimate of drug-likeness (QED) is 0.758. The second-order valence-electron chi connectivity index (χ2n) is 5.36. The lowest BCUT2D eigenvalue weighted by Gasteiger charge is -2.08. The lowest BCUT2D eigenvalue weighted by Crippen LogP contribution is -2.05. The van der Waals surface area contributed by atoms with E-state index in [0.29, 0.717) is 0 Å². The minimum atomic E-state index is -0.492. The summed E-state index contributed by atoms with van der Waals surface area (Å²) < 4.78 is 1.83. The number of fused-ring (bicyclic) bond motifs is 1. The summed E-state index contributed by atoms with van der Waals surface area (Å²) in [5.41, 5.74) is 3.59. The van der Waals surface area contributed by atoms with Crippen LogP contribution in [0.1, 0.15) is 31.9 Å². The normalized spacial score (nSPS) is 12.5. The van der Waals surface area contributed by atoms with E-state index in [4.69, 9.17) is 0 Å². The highest BCUT2D eigenvalue weighted by molar-refractivity contribution is 5.64. The van der Waals surface area contributed by atoms with Crippen molar-refractivity contribution >= 4 is 11.5 Å². The van der Waals surface area contributed by atoms with Crippen molar-refractivity contribution in [2.45, 2.75) is 26.4 Å². The summed E-state index contributed by atoms with van der Waals surface area (Å²) in [6.45, 7) is 4.77. The van der Waals surface area contributed by atoms with Crippen LogP contribution >= 0.6 is 0 Å². The highest BCUT2D eigenvalue weighted by Gasteiger charge is 2.10. The van der Waals surface area contributed by atoms with E-state index < -0.39 is 6.10 Å². The number of benzene rings is 1. The van der Waals surface area contributed by atoms with E-state index >= 15 is 0 Å². The third-order valence-electron chi connectivity index (χ3n) is 3.58. The van der Waals surface area contributed by atoms with Crippen LogP contribution in [0.15, 0.2) is 42.6 Å². The van der Waals surface area contributed by atoms with Crippen molar-refractivity contribution < 1.29 is 5.11 Å². The molecule has 0 saturated heterocycles. The van der Waals surface area contributed by atoms with Crippen LogP contribution in [0.4, 0.5) is 5.82 Å². The maximum atomic E-state index is 9.75. The van der Waals surface area contributed by atoms with Crippen LogP contribution in [-0.2, 0) is 0 Å². The highest BCUT2D eigenvalue weighted by Crippen LogP contribution is 2.24. The van der Waals surface area contributed by atoms with E-state index in [1.165, 1.54) is 0 Å². The number of aliphatic hydroxyl groups is 1. The van der Waals surface area contributed by atoms with Crippen LogP contribution in [0, 0.1) is 0 Å². The van der Waals surface area contributed by atoms with Crippen molar-refractivity contribution in [1.82, 2.24) is 14.6 Å². The van der Waals surface area contributed by atoms with E-state index in [0.717, 1.165) is 41.3 Å². The van der Waals surface area contributed by atoms with E-state index in [2.05, 4.69) is 22.3 Å². The van der Waals surface area contributed by atoms with Gasteiger partial charge in [-0.25, -0.2) is 9.50 Å². The van der Waals surface area contributed by atoms with Gasteiger partial charge < -0.3 is 10.4 Å². The zero-order chi connectivity index (χ0) is 15.5. The maximum Gasteiger partial charge on any atom is 0.154 e. The summed E-state index contributed by atoms with van der Waals surface area (Å²) in [5.74, 6) is 0.834. The molecule has 1 unspecified atom stereocenters. The molecule has 1 aromatic carbocycles. The molecule has 5 heteroatoms. The van der Waals surface area contributed by atoms with Crippen LogP contribution < -0.4 is 5.32 Å². The Morgan fingerprint density at radius 2 is 2.14 bits per heavy atom. The first kappa shape index (κ1) is 14.5. The minimum absolute atomic E-state index is 0.492. The Morgan fingerprint density at radius 3 is 2.91 bits per heavy atom. The molecule has 1 atom stereocenters. The molecule has 3 aromatic rings. The summed E-state index contributed by atoms with van der Waals surface area (Å²) in [5, 5.41) is 17.6. The Morgan fingerprint density at radius 1 is 1.27 bits per heavy atom. The molecule has 0 aliphatic rings. The van der Waals surface area contributed by atoms with Crippen LogP contribution in [-0.4, -0.2) is 26.2 Å². The van der Waals surface area contributed by atoms with Crippen molar-refractivity contribution in [3.8, 4) is 11.3 Å². The zero-order valence-electron chi connectivity index (χ0n) is 12.8. The fraction of sp³-hybridized carbons (Fsp3) is 0.294. The summed E-state index contributed by atoms with van der Waals surface area (Å²) in [6.07, 6.45) is 2.37. The van der Waals surface area contributed by atoms with Gasteiger partial charge >= 0.3 is 0 Å². The molecule has 114 valence electrons. The molecular weight excluding hydrogens is 276 g/mol. The van der Waals surface area contributed by atoms with Crippen molar-refractivity contribution in [3.05, 3.63) is 48.2 Å². The summed E-state index contributed by atoms with van der Waals surface area (Å²) in [6, 6.07) is 11.7. The van der Waals surface area contributed by atoms with Gasteiger partial charge in [-0.05, 0) is 37.1 Å². The molecule has 22 heavy (non-hydrogen) atoms. The summed E-state index contributed by atoms with van der Waals surface area (Å²) >= 11 is 0. The van der Waals surface area contributed by atoms with Crippen LogP contribution in [0.5, 0.6) is 0 Å². The first-order valence-corrected chi connectivity index (χ1v) is 7.56. The molecule has 2 aromatic heterocycles. The molecule has 0 bridgehead atoms. The Hall–Kier alpha value is -2.40. The predicted octanol–water partition coefficient (Wildman–Crippen LogP) is 3.27. The second kappa shape index (κ2) is 6.15. The van der Waals surface area contributed by atoms with E-state index in [-0.39, 0.29) is 0 Å². The molecule has 0 fully saturated rings. The molecule has 0 radical (unpaired) electrons. The Kier molecular flexibility index (Phi) is 4.06. The molecule has 0 spiro atoms. The van der Waals surface area contributed by atoms with Gasteiger partial charge in [-0.15, -0.1) is 5.10 Å². The van der Waals surface area contributed by atoms with E-state index in [9.17, 15) is 5.11 Å². The average Bonchev–Trinajstić information content (AvgIpc) is 2.96. The third-order valence-corrected chi connectivity index (χ3v) is 3.58. The van der Waals surface area contributed by atoms with Gasteiger partial charge in [0.25, 0.3) is 0 Å². The molecule has 5 nitrogen and oxygen atoms in total. The van der Waals surface area contributed by atoms with Gasteiger partial charge in [-0.1, -0.05) is 25.1 Å². The fourth-order valence-electron chi connectivity index (χ4n) is 2.38. The SMILES string of the molecule is CCCNc1ccc2ncc(-c3cccc(C(C)O)c3)n2n1. The molecule has 0 aliphatic carbocycles. The van der Waals surface area contributed by atoms with E-state index in [1.807, 2.05) is 47.1 Å². The zero-order valence-corrected chi connectivity index (χ0v) is 12.8. The topological polar surface area (TPSA) is 62.5 Å². The van der Waals surface area contributed by atoms with Crippen molar-refractivity contribution in [1.29, 1.82) is 0 Å². The third kappa shape index (κ3) is 2.80. The van der Waals surface area contributed by atoms with Gasteiger partial charge in [0.15, 0.2) is 5.65 Å². The number of rotatable bonds is 5. The van der Waals surface area contributed by atoms with Gasteiger partial charge in [0, 0.05) is 12.1 Å². The molecule has 0 saturated carbocycles. The Bertz CT molecular complexity index is 779. The smallest absolute Gasteiger partial charge is 0.154 e. The monoisotopic (exact) mass is 296 g/mol. The van der Waals surface area contributed by atoms with Crippen LogP contribution in [0.2, 0.25) is 0 Å². The van der Waals surface area contributed by atoms with E-state index in [1.54, 1.807) is 6.92 Å². The molecule has 2 N–H and O–H groups in total. The van der Waals surface area contributed by atoms with Crippen molar-refractivity contribution in [2.75, 3.05) is 11.9 Å². The number of imidazole rings is 1. The lowest BCUT2D eigenvalue weighted by atomic mass is 10.1. The molecule has 0 aliphatic heterocycles. The van der Waals surface area contributed by atoms with Crippen molar-refractivity contribution in [3.63, 3.8) is 0 Å². The average molecular weight is 296 g/mol. The van der Waals surface area contributed by atoms with Gasteiger partial charge in [-0.2, -0.15) is 0 Å². The summed E-state index contributed by atoms with van der Waals surface area (Å²) in [7, 11) is 0. The number of hydrogen-bond donors (Lipinski definition) is 2. The Labute approximate surface area is 129 Å². The number of hydrogen-bond acceptors (Lipinski definition) is 4. The van der Waals surface area contributed by atoms with Crippen LogP contribution in [0.3, 0.4) is 0 Å². The number of nitrogens with one attached hydrogen (secondary N) is 1. The number of anilines is 1. The largest absolute Gasteiger partial charge is 0.389 e. The maximum absolute atomic E-state index is 9.75. The van der Waals surface area contributed by atoms with Gasteiger partial charge in [0.05, 0.1) is 18.0 Å². The number of aromatic nitrogens is 3. The fourth-order valence-corrected chi connectivity index (χ4v) is 2.38. The first-order chi connectivity index (χ1) is 10.7. The van der Waals surface area contributed by atoms with Gasteiger partial charge in [0.1, 0.15) is 5.82 Å². The predicted molar refractivity (Wildman–Crippen MR) is 87.8 cm³/mol. The highest BCUT2D eigenvalue weighted by atomic mass is 16.3. The van der Waals surface area contributed by atoms with Crippen LogP contribution in [0.25, 0.3) is 16.9 Å². The molecule has 0 amide bonds. The second-order valence-corrected chi connectivity index (χ2v) is 5.36. The standard InChI is InChI=1S/C17H20N4O/c1-3-9-18-16-7-8-17-19-11-15(21(17)20-16)14-6-4-5-13(10-14)12(2)22/h4-8,10-12,22H,3,9H2,1-2H3,(H,18,20). The summed E-state index contributed by atoms with van der Waals surface area (Å²) in [4.78, 5) is 4.40. The van der Waals surface area contributed by atoms with Gasteiger partial charge in [0.2, 0.25) is 0 Å². The first-order valence-electron chi connectivity index (χ1n) is 7.56. The number of aliphatic hydroxyl groups excluding tert-OH is 1. The molecule has 3 rings (SSSR count).